The number of amides is 1. The summed E-state index contributed by atoms with van der Waals surface area (Å²) in [7, 11) is 0. The molecule has 0 bridgehead atoms. The summed E-state index contributed by atoms with van der Waals surface area (Å²) in [5.74, 6) is -1.53. The van der Waals surface area contributed by atoms with Gasteiger partial charge in [-0.1, -0.05) is 0 Å². The number of carbonyl (C=O) groups excluding carboxylic acids is 1. The van der Waals surface area contributed by atoms with E-state index in [1.807, 2.05) is 0 Å². The maximum absolute atomic E-state index is 12.1. The van der Waals surface area contributed by atoms with E-state index < -0.39 is 29.0 Å². The largest absolute Gasteiger partial charge is 0.480 e. The van der Waals surface area contributed by atoms with Crippen molar-refractivity contribution in [3.05, 3.63) is 32.8 Å². The fourth-order valence-electron chi connectivity index (χ4n) is 2.29. The Bertz CT molecular complexity index is 632. The van der Waals surface area contributed by atoms with Crippen LogP contribution in [0.25, 0.3) is 0 Å². The van der Waals surface area contributed by atoms with Crippen molar-refractivity contribution in [2.75, 3.05) is 6.54 Å². The third-order valence-electron chi connectivity index (χ3n) is 3.29. The number of piperidine rings is 1. The van der Waals surface area contributed by atoms with Crippen LogP contribution >= 0.6 is 0 Å². The van der Waals surface area contributed by atoms with Crippen molar-refractivity contribution in [1.82, 2.24) is 14.7 Å². The van der Waals surface area contributed by atoms with Gasteiger partial charge in [0.2, 0.25) is 5.91 Å². The SMILES string of the molecule is O=C(O)[C@@H]1CCCCN1C(=O)Cn1[nH]c(=O)ccc1=O. The first-order valence-corrected chi connectivity index (χ1v) is 6.31. The fourth-order valence-corrected chi connectivity index (χ4v) is 2.29. The minimum absolute atomic E-state index is 0.349. The van der Waals surface area contributed by atoms with Crippen LogP contribution in [-0.2, 0) is 16.1 Å². The van der Waals surface area contributed by atoms with Gasteiger partial charge in [0.05, 0.1) is 0 Å². The number of rotatable bonds is 3. The molecule has 8 nitrogen and oxygen atoms in total. The lowest BCUT2D eigenvalue weighted by Gasteiger charge is -2.32. The predicted octanol–water partition coefficient (Wildman–Crippen LogP) is -0.998. The molecule has 1 amide bonds. The third kappa shape index (κ3) is 2.95. The molecule has 8 heteroatoms. The molecule has 0 unspecified atom stereocenters. The van der Waals surface area contributed by atoms with Crippen LogP contribution in [0.15, 0.2) is 21.7 Å². The van der Waals surface area contributed by atoms with Crippen molar-refractivity contribution < 1.29 is 14.7 Å². The molecular weight excluding hydrogens is 266 g/mol. The number of aliphatic carboxylic acids is 1. The smallest absolute Gasteiger partial charge is 0.326 e. The van der Waals surface area contributed by atoms with Gasteiger partial charge in [0, 0.05) is 18.7 Å². The molecule has 1 aromatic rings. The van der Waals surface area contributed by atoms with Gasteiger partial charge in [-0.05, 0) is 19.3 Å². The molecule has 1 aromatic heterocycles. The van der Waals surface area contributed by atoms with Crippen LogP contribution in [0, 0.1) is 0 Å². The summed E-state index contributed by atoms with van der Waals surface area (Å²) < 4.78 is 0.887. The van der Waals surface area contributed by atoms with E-state index in [9.17, 15) is 19.2 Å². The number of nitrogens with one attached hydrogen (secondary N) is 1. The van der Waals surface area contributed by atoms with Gasteiger partial charge < -0.3 is 10.0 Å². The second-order valence-electron chi connectivity index (χ2n) is 4.67. The zero-order chi connectivity index (χ0) is 14.7. The molecule has 0 radical (unpaired) electrons. The zero-order valence-electron chi connectivity index (χ0n) is 10.7. The molecule has 20 heavy (non-hydrogen) atoms. The molecule has 2 rings (SSSR count). The van der Waals surface area contributed by atoms with Gasteiger partial charge in [-0.2, -0.15) is 0 Å². The van der Waals surface area contributed by atoms with E-state index in [1.54, 1.807) is 0 Å². The molecule has 0 aromatic carbocycles. The summed E-state index contributed by atoms with van der Waals surface area (Å²) in [6.45, 7) is -0.0136. The first-order valence-electron chi connectivity index (χ1n) is 6.31. The van der Waals surface area contributed by atoms with Crippen molar-refractivity contribution in [2.45, 2.75) is 31.8 Å². The molecule has 2 N–H and O–H groups in total. The molecule has 1 aliphatic heterocycles. The number of likely N-dealkylation sites (tertiary alicyclic amines) is 1. The summed E-state index contributed by atoms with van der Waals surface area (Å²) in [5.41, 5.74) is -1.01. The van der Waals surface area contributed by atoms with Crippen molar-refractivity contribution in [2.24, 2.45) is 0 Å². The highest BCUT2D eigenvalue weighted by Gasteiger charge is 2.31. The monoisotopic (exact) mass is 281 g/mol. The van der Waals surface area contributed by atoms with Crippen molar-refractivity contribution in [1.29, 1.82) is 0 Å². The average Bonchev–Trinajstić information content (AvgIpc) is 2.42. The van der Waals surface area contributed by atoms with Crippen LogP contribution < -0.4 is 11.1 Å². The number of carboxylic acids is 1. The van der Waals surface area contributed by atoms with Crippen LogP contribution in [-0.4, -0.2) is 44.3 Å². The third-order valence-corrected chi connectivity index (χ3v) is 3.29. The summed E-state index contributed by atoms with van der Waals surface area (Å²) in [6, 6.07) is 1.28. The molecule has 1 atom stereocenters. The quantitative estimate of drug-likeness (QED) is 0.738. The van der Waals surface area contributed by atoms with E-state index in [-0.39, 0.29) is 6.54 Å². The van der Waals surface area contributed by atoms with Gasteiger partial charge in [0.1, 0.15) is 12.6 Å². The molecule has 108 valence electrons. The standard InChI is InChI=1S/C12H15N3O5/c16-9-4-5-10(17)15(13-9)7-11(18)14-6-2-1-3-8(14)12(19)20/h4-5,8H,1-3,6-7H2,(H,13,16)(H,19,20)/t8-/m0/s1. The number of hydrogen-bond donors (Lipinski definition) is 2. The van der Waals surface area contributed by atoms with E-state index in [0.717, 1.165) is 29.7 Å². The Kier molecular flexibility index (Phi) is 4.02. The Morgan fingerprint density at radius 3 is 2.75 bits per heavy atom. The Labute approximate surface area is 113 Å². The Morgan fingerprint density at radius 1 is 1.30 bits per heavy atom. The van der Waals surface area contributed by atoms with Crippen molar-refractivity contribution in [3.63, 3.8) is 0 Å². The van der Waals surface area contributed by atoms with E-state index in [4.69, 9.17) is 5.11 Å². The number of hydrogen-bond acceptors (Lipinski definition) is 4. The highest BCUT2D eigenvalue weighted by molar-refractivity contribution is 5.83. The van der Waals surface area contributed by atoms with Crippen molar-refractivity contribution in [3.8, 4) is 0 Å². The van der Waals surface area contributed by atoms with Crippen LogP contribution in [0.2, 0.25) is 0 Å². The predicted molar refractivity (Wildman–Crippen MR) is 68.3 cm³/mol. The number of aromatic amines is 1. The van der Waals surface area contributed by atoms with Crippen LogP contribution in [0.5, 0.6) is 0 Å². The summed E-state index contributed by atoms with van der Waals surface area (Å²) >= 11 is 0. The second kappa shape index (κ2) is 5.72. The topological polar surface area (TPSA) is 112 Å². The van der Waals surface area contributed by atoms with Gasteiger partial charge in [-0.25, -0.2) is 9.48 Å². The maximum Gasteiger partial charge on any atom is 0.326 e. The summed E-state index contributed by atoms with van der Waals surface area (Å²) in [4.78, 5) is 47.2. The molecular formula is C12H15N3O5. The normalized spacial score (nSPS) is 18.8. The molecule has 0 spiro atoms. The minimum Gasteiger partial charge on any atom is -0.480 e. The molecule has 0 aliphatic carbocycles. The van der Waals surface area contributed by atoms with E-state index in [1.165, 1.54) is 4.90 Å². The molecule has 1 saturated heterocycles. The van der Waals surface area contributed by atoms with E-state index in [2.05, 4.69) is 5.10 Å². The lowest BCUT2D eigenvalue weighted by Crippen LogP contribution is -2.50. The number of aromatic nitrogens is 2. The Balaban J connectivity index is 2.18. The summed E-state index contributed by atoms with van der Waals surface area (Å²) in [6.07, 6.45) is 1.89. The second-order valence-corrected chi connectivity index (χ2v) is 4.67. The summed E-state index contributed by atoms with van der Waals surface area (Å²) in [5, 5.41) is 11.3. The van der Waals surface area contributed by atoms with Crippen molar-refractivity contribution >= 4 is 11.9 Å². The molecule has 1 aliphatic rings. The average molecular weight is 281 g/mol. The zero-order valence-corrected chi connectivity index (χ0v) is 10.7. The van der Waals surface area contributed by atoms with Gasteiger partial charge in [-0.3, -0.25) is 19.5 Å². The van der Waals surface area contributed by atoms with E-state index in [0.29, 0.717) is 13.0 Å². The Hall–Kier alpha value is -2.38. The van der Waals surface area contributed by atoms with Crippen LogP contribution in [0.4, 0.5) is 0 Å². The van der Waals surface area contributed by atoms with Crippen LogP contribution in [0.1, 0.15) is 19.3 Å². The van der Waals surface area contributed by atoms with Gasteiger partial charge >= 0.3 is 5.97 Å². The first kappa shape index (κ1) is 14.0. The number of H-pyrrole nitrogens is 1. The Morgan fingerprint density at radius 2 is 2.05 bits per heavy atom. The maximum atomic E-state index is 12.1. The lowest BCUT2D eigenvalue weighted by atomic mass is 10.0. The number of carbonyl (C=O) groups is 2. The van der Waals surface area contributed by atoms with Gasteiger partial charge in [-0.15, -0.1) is 0 Å². The molecule has 1 fully saturated rings. The molecule has 0 saturated carbocycles. The highest BCUT2D eigenvalue weighted by Crippen LogP contribution is 2.17. The first-order chi connectivity index (χ1) is 9.49. The fraction of sp³-hybridized carbons (Fsp3) is 0.500. The highest BCUT2D eigenvalue weighted by atomic mass is 16.4. The lowest BCUT2D eigenvalue weighted by molar-refractivity contribution is -0.152. The number of carboxylic acid groups (broad SMARTS) is 1. The van der Waals surface area contributed by atoms with Gasteiger partial charge in [0.25, 0.3) is 11.1 Å². The number of nitrogens with zero attached hydrogens (tertiary/aromatic N) is 2. The van der Waals surface area contributed by atoms with Crippen LogP contribution in [0.3, 0.4) is 0 Å². The van der Waals surface area contributed by atoms with Gasteiger partial charge in [0.15, 0.2) is 0 Å². The minimum atomic E-state index is -1.05. The van der Waals surface area contributed by atoms with E-state index >= 15 is 0 Å². The molecule has 2 heterocycles.